The molecule has 0 fully saturated rings. The van der Waals surface area contributed by atoms with Gasteiger partial charge in [0.2, 0.25) is 0 Å². The predicted octanol–water partition coefficient (Wildman–Crippen LogP) is 1.27. The van der Waals surface area contributed by atoms with E-state index in [2.05, 4.69) is 17.6 Å². The van der Waals surface area contributed by atoms with Crippen LogP contribution in [0.4, 0.5) is 9.59 Å². The van der Waals surface area contributed by atoms with Crippen LogP contribution in [0, 0.1) is 0 Å². The Balaban J connectivity index is 2.21. The standard InChI is InChI=1S/C10H11N3O4S2/c11-8(14)17-3-7-5(1-2-13(7)10(15)16)6-4-19-9(18)12-6/h1,4,7H,2-3H2,(H2,11,14)(H,12,18)(H,15,16)/t7-/m0/s1. The fourth-order valence-corrected chi connectivity index (χ4v) is 2.67. The highest BCUT2D eigenvalue weighted by Gasteiger charge is 2.33. The highest BCUT2D eigenvalue weighted by Crippen LogP contribution is 2.30. The third-order valence-corrected chi connectivity index (χ3v) is 3.72. The molecule has 2 amide bonds. The molecule has 9 heteroatoms. The van der Waals surface area contributed by atoms with Crippen molar-refractivity contribution in [3.8, 4) is 0 Å². The van der Waals surface area contributed by atoms with Crippen molar-refractivity contribution in [2.45, 2.75) is 10.4 Å². The van der Waals surface area contributed by atoms with Crippen LogP contribution in [0.25, 0.3) is 5.57 Å². The summed E-state index contributed by atoms with van der Waals surface area (Å²) in [4.78, 5) is 27.1. The molecule has 0 saturated heterocycles. The molecule has 0 spiro atoms. The van der Waals surface area contributed by atoms with Crippen LogP contribution in [0.2, 0.25) is 0 Å². The van der Waals surface area contributed by atoms with Crippen molar-refractivity contribution in [3.63, 3.8) is 0 Å². The Morgan fingerprint density at radius 3 is 2.95 bits per heavy atom. The smallest absolute Gasteiger partial charge is 0.408 e. The first-order chi connectivity index (χ1) is 8.99. The molecule has 7 nitrogen and oxygen atoms in total. The summed E-state index contributed by atoms with van der Waals surface area (Å²) in [6.07, 6.45) is -0.291. The van der Waals surface area contributed by atoms with E-state index in [1.807, 2.05) is 0 Å². The van der Waals surface area contributed by atoms with E-state index >= 15 is 0 Å². The molecule has 0 aromatic carbocycles. The molecule has 2 rings (SSSR count). The number of nitrogens with zero attached hydrogens (tertiary/aromatic N) is 2. The van der Waals surface area contributed by atoms with Gasteiger partial charge in [0, 0.05) is 17.5 Å². The van der Waals surface area contributed by atoms with Crippen LogP contribution in [0.5, 0.6) is 0 Å². The van der Waals surface area contributed by atoms with Crippen molar-refractivity contribution in [2.75, 3.05) is 13.2 Å². The molecule has 19 heavy (non-hydrogen) atoms. The summed E-state index contributed by atoms with van der Waals surface area (Å²) in [6, 6.07) is -0.597. The molecule has 0 saturated carbocycles. The number of carbonyl (C=O) groups excluding carboxylic acids is 1. The molecule has 1 aliphatic rings. The highest BCUT2D eigenvalue weighted by molar-refractivity contribution is 7.82. The van der Waals surface area contributed by atoms with E-state index < -0.39 is 18.2 Å². The molecule has 1 aliphatic heterocycles. The number of nitrogens with two attached hydrogens (primary N) is 1. The molecule has 0 bridgehead atoms. The van der Waals surface area contributed by atoms with Crippen LogP contribution in [-0.2, 0) is 4.74 Å². The molecule has 1 atom stereocenters. The zero-order valence-electron chi connectivity index (χ0n) is 9.65. The number of ether oxygens (including phenoxy) is 1. The summed E-state index contributed by atoms with van der Waals surface area (Å²) in [5.41, 5.74) is 6.24. The maximum absolute atomic E-state index is 11.1. The Bertz CT molecular complexity index is 543. The minimum atomic E-state index is -1.09. The topological polar surface area (TPSA) is 106 Å². The molecule has 1 aromatic heterocycles. The zero-order chi connectivity index (χ0) is 14.0. The molecule has 1 aromatic rings. The van der Waals surface area contributed by atoms with Crippen molar-refractivity contribution in [2.24, 2.45) is 5.73 Å². The van der Waals surface area contributed by atoms with Crippen LogP contribution in [0.3, 0.4) is 0 Å². The lowest BCUT2D eigenvalue weighted by Gasteiger charge is -2.23. The minimum Gasteiger partial charge on any atom is -0.465 e. The lowest BCUT2D eigenvalue weighted by molar-refractivity contribution is 0.109. The fraction of sp³-hybridized carbons (Fsp3) is 0.300. The zero-order valence-corrected chi connectivity index (χ0v) is 11.4. The van der Waals surface area contributed by atoms with Crippen LogP contribution in [0.15, 0.2) is 15.8 Å². The van der Waals surface area contributed by atoms with Crippen LogP contribution < -0.4 is 5.73 Å². The van der Waals surface area contributed by atoms with Crippen molar-refractivity contribution < 1.29 is 19.4 Å². The van der Waals surface area contributed by atoms with E-state index in [1.165, 1.54) is 11.3 Å². The van der Waals surface area contributed by atoms with Gasteiger partial charge >= 0.3 is 12.2 Å². The second kappa shape index (κ2) is 5.49. The van der Waals surface area contributed by atoms with Crippen molar-refractivity contribution in [3.05, 3.63) is 17.2 Å². The molecule has 3 N–H and O–H groups in total. The molecular formula is C10H11N3O4S2. The average molecular weight is 301 g/mol. The molecular weight excluding hydrogens is 290 g/mol. The number of thiol groups is 1. The summed E-state index contributed by atoms with van der Waals surface area (Å²) < 4.78 is 5.30. The first-order valence-corrected chi connectivity index (χ1v) is 6.58. The quantitative estimate of drug-likeness (QED) is 0.729. The number of hydrogen-bond acceptors (Lipinski definition) is 6. The summed E-state index contributed by atoms with van der Waals surface area (Å²) in [5.74, 6) is 0. The first-order valence-electron chi connectivity index (χ1n) is 5.25. The van der Waals surface area contributed by atoms with Gasteiger partial charge in [-0.2, -0.15) is 0 Å². The number of primary amides is 1. The van der Waals surface area contributed by atoms with Crippen LogP contribution in [0.1, 0.15) is 5.69 Å². The van der Waals surface area contributed by atoms with Crippen LogP contribution in [-0.4, -0.2) is 46.4 Å². The number of aromatic nitrogens is 1. The molecule has 2 heterocycles. The van der Waals surface area contributed by atoms with Gasteiger partial charge in [-0.25, -0.2) is 14.6 Å². The highest BCUT2D eigenvalue weighted by atomic mass is 32.2. The molecule has 0 unspecified atom stereocenters. The fourth-order valence-electron chi connectivity index (χ4n) is 1.85. The lowest BCUT2D eigenvalue weighted by Crippen LogP contribution is -2.40. The number of carboxylic acid groups (broad SMARTS) is 1. The maximum Gasteiger partial charge on any atom is 0.408 e. The second-order valence-electron chi connectivity index (χ2n) is 3.76. The van der Waals surface area contributed by atoms with Crippen molar-refractivity contribution in [1.82, 2.24) is 9.88 Å². The normalized spacial score (nSPS) is 18.3. The molecule has 0 aliphatic carbocycles. The Morgan fingerprint density at radius 2 is 2.42 bits per heavy atom. The number of thiazole rings is 1. The summed E-state index contributed by atoms with van der Waals surface area (Å²) in [7, 11) is 0. The van der Waals surface area contributed by atoms with Crippen molar-refractivity contribution >= 4 is 41.7 Å². The lowest BCUT2D eigenvalue weighted by atomic mass is 10.1. The van der Waals surface area contributed by atoms with Gasteiger partial charge in [0.25, 0.3) is 0 Å². The summed E-state index contributed by atoms with van der Waals surface area (Å²) >= 11 is 5.46. The van der Waals surface area contributed by atoms with E-state index in [9.17, 15) is 9.59 Å². The summed E-state index contributed by atoms with van der Waals surface area (Å²) in [6.45, 7) is 0.0871. The number of carbonyl (C=O) groups is 2. The van der Waals surface area contributed by atoms with E-state index in [-0.39, 0.29) is 13.2 Å². The molecule has 0 radical (unpaired) electrons. The van der Waals surface area contributed by atoms with Gasteiger partial charge in [0.1, 0.15) is 10.9 Å². The Kier molecular flexibility index (Phi) is 3.96. The third kappa shape index (κ3) is 2.99. The monoisotopic (exact) mass is 301 g/mol. The SMILES string of the molecule is NC(=O)OC[C@H]1C(c2csc(S)n2)=CCN1C(=O)O. The largest absolute Gasteiger partial charge is 0.465 e. The van der Waals surface area contributed by atoms with Gasteiger partial charge in [0.05, 0.1) is 11.7 Å². The van der Waals surface area contributed by atoms with Gasteiger partial charge in [0.15, 0.2) is 0 Å². The first kappa shape index (κ1) is 13.7. The van der Waals surface area contributed by atoms with Gasteiger partial charge in [-0.05, 0) is 0 Å². The van der Waals surface area contributed by atoms with Crippen LogP contribution >= 0.6 is 24.0 Å². The van der Waals surface area contributed by atoms with E-state index in [0.29, 0.717) is 15.6 Å². The van der Waals surface area contributed by atoms with E-state index in [1.54, 1.807) is 11.5 Å². The third-order valence-electron chi connectivity index (χ3n) is 2.66. The van der Waals surface area contributed by atoms with E-state index in [0.717, 1.165) is 4.90 Å². The predicted molar refractivity (Wildman–Crippen MR) is 71.4 cm³/mol. The van der Waals surface area contributed by atoms with Gasteiger partial charge < -0.3 is 15.6 Å². The summed E-state index contributed by atoms with van der Waals surface area (Å²) in [5, 5.41) is 10.9. The Hall–Kier alpha value is -1.74. The maximum atomic E-state index is 11.1. The van der Waals surface area contributed by atoms with Crippen molar-refractivity contribution in [1.29, 1.82) is 0 Å². The van der Waals surface area contributed by atoms with E-state index in [4.69, 9.17) is 15.6 Å². The second-order valence-corrected chi connectivity index (χ2v) is 5.34. The van der Waals surface area contributed by atoms with Gasteiger partial charge in [-0.15, -0.1) is 24.0 Å². The number of hydrogen-bond donors (Lipinski definition) is 3. The minimum absolute atomic E-state index is 0.132. The number of rotatable bonds is 3. The Morgan fingerprint density at radius 1 is 1.68 bits per heavy atom. The molecule has 102 valence electrons. The van der Waals surface area contributed by atoms with Gasteiger partial charge in [-0.3, -0.25) is 4.90 Å². The number of amides is 2. The Labute approximate surface area is 118 Å². The average Bonchev–Trinajstić information content (AvgIpc) is 2.91. The van der Waals surface area contributed by atoms with Gasteiger partial charge in [-0.1, -0.05) is 6.08 Å².